The average Bonchev–Trinajstić information content (AvgIpc) is 3.04. The monoisotopic (exact) mass is 648 g/mol. The number of nitrogens with one attached hydrogen (secondary N) is 2. The Kier molecular flexibility index (Phi) is 11.7. The maximum atomic E-state index is 14.9. The number of hydrogen-bond acceptors (Lipinski definition) is 8. The zero-order valence-electron chi connectivity index (χ0n) is 25.7. The molecule has 0 aliphatic rings. The van der Waals surface area contributed by atoms with Crippen LogP contribution in [0.3, 0.4) is 0 Å². The maximum Gasteiger partial charge on any atom is 0.328 e. The first-order valence-electron chi connectivity index (χ1n) is 13.9. The molecule has 2 atom stereocenters. The summed E-state index contributed by atoms with van der Waals surface area (Å²) >= 11 is 0. The van der Waals surface area contributed by atoms with Crippen LogP contribution in [0.1, 0.15) is 48.4 Å². The SMILES string of the molecule is COC(=O)C(NC(=O)c1ccc(Oc2c(F)c(F)c(Oc3ccc(C(=O)NC(C(=O)OC)C(C)C)cc3)c(F)c2F)cc1)C(C)C. The van der Waals surface area contributed by atoms with E-state index in [1.807, 2.05) is 0 Å². The van der Waals surface area contributed by atoms with Gasteiger partial charge in [0, 0.05) is 11.1 Å². The van der Waals surface area contributed by atoms with Crippen molar-refractivity contribution in [3.8, 4) is 23.0 Å². The fourth-order valence-electron chi connectivity index (χ4n) is 4.05. The number of benzene rings is 3. The molecule has 14 heteroatoms. The molecule has 0 spiro atoms. The molecule has 2 N–H and O–H groups in total. The van der Waals surface area contributed by atoms with Crippen molar-refractivity contribution in [3.63, 3.8) is 0 Å². The van der Waals surface area contributed by atoms with Gasteiger partial charge in [-0.1, -0.05) is 27.7 Å². The van der Waals surface area contributed by atoms with Gasteiger partial charge < -0.3 is 29.6 Å². The number of esters is 2. The molecule has 0 aromatic heterocycles. The van der Waals surface area contributed by atoms with Gasteiger partial charge in [-0.3, -0.25) is 9.59 Å². The first-order chi connectivity index (χ1) is 21.7. The van der Waals surface area contributed by atoms with Gasteiger partial charge in [0.05, 0.1) is 14.2 Å². The first kappa shape index (κ1) is 35.3. The van der Waals surface area contributed by atoms with Crippen LogP contribution in [0.2, 0.25) is 0 Å². The van der Waals surface area contributed by atoms with Crippen molar-refractivity contribution in [1.29, 1.82) is 0 Å². The molecule has 246 valence electrons. The summed E-state index contributed by atoms with van der Waals surface area (Å²) in [7, 11) is 2.36. The number of carbonyl (C=O) groups is 4. The quantitative estimate of drug-likeness (QED) is 0.146. The Hall–Kier alpha value is -5.14. The van der Waals surface area contributed by atoms with Crippen LogP contribution >= 0.6 is 0 Å². The van der Waals surface area contributed by atoms with E-state index < -0.39 is 70.6 Å². The minimum atomic E-state index is -1.90. The van der Waals surface area contributed by atoms with E-state index in [-0.39, 0.29) is 34.5 Å². The second-order valence-corrected chi connectivity index (χ2v) is 10.6. The molecule has 0 aliphatic heterocycles. The number of hydrogen-bond donors (Lipinski definition) is 2. The second-order valence-electron chi connectivity index (χ2n) is 10.6. The zero-order chi connectivity index (χ0) is 34.3. The van der Waals surface area contributed by atoms with E-state index in [9.17, 15) is 36.7 Å². The van der Waals surface area contributed by atoms with Gasteiger partial charge in [0.25, 0.3) is 11.8 Å². The zero-order valence-corrected chi connectivity index (χ0v) is 25.7. The molecule has 2 amide bonds. The lowest BCUT2D eigenvalue weighted by Gasteiger charge is -2.20. The highest BCUT2D eigenvalue weighted by Crippen LogP contribution is 2.38. The number of halogens is 4. The molecule has 3 rings (SSSR count). The predicted molar refractivity (Wildman–Crippen MR) is 156 cm³/mol. The van der Waals surface area contributed by atoms with E-state index in [4.69, 9.17) is 9.47 Å². The second kappa shape index (κ2) is 15.2. The fourth-order valence-corrected chi connectivity index (χ4v) is 4.05. The fraction of sp³-hybridized carbons (Fsp3) is 0.312. The number of methoxy groups -OCH3 is 2. The average molecular weight is 649 g/mol. The summed E-state index contributed by atoms with van der Waals surface area (Å²) in [4.78, 5) is 48.9. The van der Waals surface area contributed by atoms with Gasteiger partial charge in [0.1, 0.15) is 23.6 Å². The Bertz CT molecular complexity index is 1450. The third-order valence-corrected chi connectivity index (χ3v) is 6.67. The van der Waals surface area contributed by atoms with Gasteiger partial charge in [0.15, 0.2) is 0 Å². The van der Waals surface area contributed by atoms with E-state index in [2.05, 4.69) is 20.1 Å². The molecule has 3 aromatic carbocycles. The lowest BCUT2D eigenvalue weighted by Crippen LogP contribution is -2.45. The molecule has 0 heterocycles. The van der Waals surface area contributed by atoms with E-state index >= 15 is 0 Å². The van der Waals surface area contributed by atoms with Crippen LogP contribution in [0.5, 0.6) is 23.0 Å². The standard InChI is InChI=1S/C32H32F4N2O8/c1-15(2)25(31(41)43-5)37-29(39)17-7-11-19(12-8-17)45-27-21(33)23(35)28(24(36)22(27)34)46-20-13-9-18(10-14-20)30(40)38-26(16(3)4)32(42)44-6/h7-16,25-26H,1-6H3,(H,37,39)(H,38,40). The molecule has 0 fully saturated rings. The summed E-state index contributed by atoms with van der Waals surface area (Å²) in [5, 5.41) is 5.03. The molecule has 0 saturated carbocycles. The van der Waals surface area contributed by atoms with E-state index in [1.165, 1.54) is 38.5 Å². The van der Waals surface area contributed by atoms with Gasteiger partial charge >= 0.3 is 11.9 Å². The molecule has 0 aliphatic carbocycles. The summed E-state index contributed by atoms with van der Waals surface area (Å²) < 4.78 is 79.1. The largest absolute Gasteiger partial charge is 0.467 e. The van der Waals surface area contributed by atoms with Gasteiger partial charge in [-0.15, -0.1) is 0 Å². The third kappa shape index (κ3) is 8.11. The molecule has 0 bridgehead atoms. The highest BCUT2D eigenvalue weighted by Gasteiger charge is 2.30. The number of carbonyl (C=O) groups excluding carboxylic acids is 4. The van der Waals surface area contributed by atoms with Gasteiger partial charge in [0.2, 0.25) is 34.8 Å². The van der Waals surface area contributed by atoms with Gasteiger partial charge in [-0.25, -0.2) is 9.59 Å². The molecule has 0 radical (unpaired) electrons. The lowest BCUT2D eigenvalue weighted by atomic mass is 10.0. The molecule has 0 saturated heterocycles. The first-order valence-corrected chi connectivity index (χ1v) is 13.9. The highest BCUT2D eigenvalue weighted by atomic mass is 19.2. The van der Waals surface area contributed by atoms with Crippen LogP contribution in [0, 0.1) is 35.1 Å². The smallest absolute Gasteiger partial charge is 0.328 e. The van der Waals surface area contributed by atoms with Crippen LogP contribution in [0.25, 0.3) is 0 Å². The van der Waals surface area contributed by atoms with E-state index in [1.54, 1.807) is 27.7 Å². The van der Waals surface area contributed by atoms with Gasteiger partial charge in [-0.2, -0.15) is 17.6 Å². The molecule has 2 unspecified atom stereocenters. The predicted octanol–water partition coefficient (Wildman–Crippen LogP) is 5.68. The van der Waals surface area contributed by atoms with Crippen molar-refractivity contribution in [1.82, 2.24) is 10.6 Å². The van der Waals surface area contributed by atoms with Crippen molar-refractivity contribution in [2.24, 2.45) is 11.8 Å². The van der Waals surface area contributed by atoms with Crippen LogP contribution in [0.4, 0.5) is 17.6 Å². The Labute approximate surface area is 262 Å². The molecular weight excluding hydrogens is 616 g/mol. The molecular formula is C32H32F4N2O8. The number of rotatable bonds is 12. The molecule has 10 nitrogen and oxygen atoms in total. The topological polar surface area (TPSA) is 129 Å². The maximum absolute atomic E-state index is 14.9. The van der Waals surface area contributed by atoms with E-state index in [0.29, 0.717) is 0 Å². The molecule has 3 aromatic rings. The number of ether oxygens (including phenoxy) is 4. The number of amides is 2. The summed E-state index contributed by atoms with van der Waals surface area (Å²) in [5.74, 6) is -14.1. The Morgan fingerprint density at radius 2 is 0.826 bits per heavy atom. The van der Waals surface area contributed by atoms with Gasteiger partial charge in [-0.05, 0) is 60.4 Å². The van der Waals surface area contributed by atoms with Crippen LogP contribution < -0.4 is 20.1 Å². The van der Waals surface area contributed by atoms with Crippen molar-refractivity contribution >= 4 is 23.8 Å². The van der Waals surface area contributed by atoms with Crippen LogP contribution in [0.15, 0.2) is 48.5 Å². The third-order valence-electron chi connectivity index (χ3n) is 6.67. The summed E-state index contributed by atoms with van der Waals surface area (Å²) in [6.07, 6.45) is 0. The highest BCUT2D eigenvalue weighted by molar-refractivity contribution is 5.97. The van der Waals surface area contributed by atoms with E-state index in [0.717, 1.165) is 24.3 Å². The minimum absolute atomic E-state index is 0.0515. The minimum Gasteiger partial charge on any atom is -0.467 e. The summed E-state index contributed by atoms with van der Waals surface area (Å²) in [6, 6.07) is 7.48. The normalized spacial score (nSPS) is 12.3. The summed E-state index contributed by atoms with van der Waals surface area (Å²) in [5.41, 5.74) is 0.103. The van der Waals surface area contributed by atoms with Crippen molar-refractivity contribution in [3.05, 3.63) is 82.9 Å². The Morgan fingerprint density at radius 3 is 1.07 bits per heavy atom. The van der Waals surface area contributed by atoms with Crippen molar-refractivity contribution < 1.29 is 55.7 Å². The Balaban J connectivity index is 1.76. The lowest BCUT2D eigenvalue weighted by molar-refractivity contribution is -0.144. The Morgan fingerprint density at radius 1 is 0.543 bits per heavy atom. The van der Waals surface area contributed by atoms with Crippen molar-refractivity contribution in [2.75, 3.05) is 14.2 Å². The van der Waals surface area contributed by atoms with Crippen LogP contribution in [-0.4, -0.2) is 50.1 Å². The van der Waals surface area contributed by atoms with Crippen LogP contribution in [-0.2, 0) is 19.1 Å². The summed E-state index contributed by atoms with van der Waals surface area (Å²) in [6.45, 7) is 6.80. The van der Waals surface area contributed by atoms with Crippen molar-refractivity contribution in [2.45, 2.75) is 39.8 Å². The molecule has 46 heavy (non-hydrogen) atoms.